The normalized spacial score (nSPS) is 20.4. The molecule has 0 bridgehead atoms. The predicted molar refractivity (Wildman–Crippen MR) is 109 cm³/mol. The molecule has 1 atom stereocenters. The molecule has 2 heterocycles. The molecule has 2 saturated carbocycles. The Hall–Kier alpha value is -2.89. The molecule has 1 spiro atoms. The molecule has 144 valence electrons. The van der Waals surface area contributed by atoms with Crippen LogP contribution in [-0.2, 0) is 0 Å². The summed E-state index contributed by atoms with van der Waals surface area (Å²) in [6, 6.07) is 8.65. The van der Waals surface area contributed by atoms with Gasteiger partial charge in [0.05, 0.1) is 11.9 Å². The third kappa shape index (κ3) is 2.84. The summed E-state index contributed by atoms with van der Waals surface area (Å²) in [6.07, 6.45) is 11.2. The van der Waals surface area contributed by atoms with Gasteiger partial charge < -0.3 is 11.1 Å². The number of primary amides is 1. The molecule has 6 heteroatoms. The maximum atomic E-state index is 11.9. The zero-order chi connectivity index (χ0) is 19.3. The van der Waals surface area contributed by atoms with Crippen LogP contribution in [0.2, 0.25) is 0 Å². The first-order chi connectivity index (χ1) is 13.6. The van der Waals surface area contributed by atoms with Gasteiger partial charge in [-0.15, -0.1) is 0 Å². The Morgan fingerprint density at radius 2 is 1.96 bits per heavy atom. The Morgan fingerprint density at radius 3 is 2.68 bits per heavy atom. The molecule has 1 aromatic carbocycles. The second-order valence-electron chi connectivity index (χ2n) is 8.37. The summed E-state index contributed by atoms with van der Waals surface area (Å²) in [5.74, 6) is 0.225. The minimum atomic E-state index is -0.507. The number of imidazole rings is 1. The Bertz CT molecular complexity index is 1050. The molecule has 5 rings (SSSR count). The molecule has 1 amide bonds. The number of nitrogens with zero attached hydrogens (tertiary/aromatic N) is 3. The van der Waals surface area contributed by atoms with E-state index < -0.39 is 5.91 Å². The minimum absolute atomic E-state index is 0.342. The van der Waals surface area contributed by atoms with Crippen LogP contribution in [0.3, 0.4) is 0 Å². The van der Waals surface area contributed by atoms with Crippen molar-refractivity contribution < 1.29 is 4.79 Å². The van der Waals surface area contributed by atoms with Gasteiger partial charge in [-0.25, -0.2) is 9.97 Å². The van der Waals surface area contributed by atoms with Crippen LogP contribution in [0.5, 0.6) is 0 Å². The molecule has 2 aliphatic carbocycles. The lowest BCUT2D eigenvalue weighted by Gasteiger charge is -2.22. The van der Waals surface area contributed by atoms with Crippen LogP contribution in [0.15, 0.2) is 36.7 Å². The van der Waals surface area contributed by atoms with E-state index in [9.17, 15) is 4.79 Å². The molecule has 2 fully saturated rings. The number of aryl methyl sites for hydroxylation is 1. The summed E-state index contributed by atoms with van der Waals surface area (Å²) < 4.78 is 1.77. The number of amides is 1. The zero-order valence-electron chi connectivity index (χ0n) is 16.1. The molecule has 2 aliphatic rings. The van der Waals surface area contributed by atoms with E-state index in [-0.39, 0.29) is 0 Å². The van der Waals surface area contributed by atoms with Crippen molar-refractivity contribution in [3.63, 3.8) is 0 Å². The smallest absolute Gasteiger partial charge is 0.267 e. The zero-order valence-corrected chi connectivity index (χ0v) is 16.1. The van der Waals surface area contributed by atoms with Gasteiger partial charge in [0.1, 0.15) is 5.69 Å². The first kappa shape index (κ1) is 17.2. The molecule has 0 aliphatic heterocycles. The number of anilines is 1. The Labute approximate surface area is 164 Å². The highest BCUT2D eigenvalue weighted by Gasteiger charge is 2.54. The topological polar surface area (TPSA) is 85.3 Å². The second kappa shape index (κ2) is 6.33. The Morgan fingerprint density at radius 1 is 1.21 bits per heavy atom. The lowest BCUT2D eigenvalue weighted by atomic mass is 9.86. The van der Waals surface area contributed by atoms with Crippen molar-refractivity contribution in [2.75, 3.05) is 5.32 Å². The Kier molecular flexibility index (Phi) is 3.89. The van der Waals surface area contributed by atoms with Crippen molar-refractivity contribution >= 4 is 17.4 Å². The summed E-state index contributed by atoms with van der Waals surface area (Å²) in [4.78, 5) is 21.2. The number of benzene rings is 1. The summed E-state index contributed by atoms with van der Waals surface area (Å²) in [7, 11) is 0. The average molecular weight is 375 g/mol. The van der Waals surface area contributed by atoms with Gasteiger partial charge in [-0.2, -0.15) is 0 Å². The van der Waals surface area contributed by atoms with E-state index in [4.69, 9.17) is 10.7 Å². The Balaban J connectivity index is 1.53. The van der Waals surface area contributed by atoms with Gasteiger partial charge in [0.2, 0.25) is 0 Å². The standard InChI is InChI=1S/C22H25N5O/c1-14-5-7-15(8-6-14)16-13-27-17(19(23)28)12-24-20(21(27)25-16)26-18-11-22(18)9-3-2-4-10-22/h5-8,12-13,18H,2-4,9-11H2,1H3,(H2,23,28)(H,24,26). The average Bonchev–Trinajstić information content (AvgIpc) is 3.13. The number of carbonyl (C=O) groups is 1. The van der Waals surface area contributed by atoms with Gasteiger partial charge in [0, 0.05) is 17.8 Å². The van der Waals surface area contributed by atoms with E-state index in [1.165, 1.54) is 44.1 Å². The van der Waals surface area contributed by atoms with Gasteiger partial charge in [0.25, 0.3) is 5.91 Å². The number of hydrogen-bond acceptors (Lipinski definition) is 4. The summed E-state index contributed by atoms with van der Waals surface area (Å²) in [6.45, 7) is 2.06. The molecular weight excluding hydrogens is 350 g/mol. The number of hydrogen-bond donors (Lipinski definition) is 2. The first-order valence-corrected chi connectivity index (χ1v) is 10.1. The van der Waals surface area contributed by atoms with E-state index >= 15 is 0 Å². The second-order valence-corrected chi connectivity index (χ2v) is 8.37. The van der Waals surface area contributed by atoms with Crippen LogP contribution < -0.4 is 11.1 Å². The SMILES string of the molecule is Cc1ccc(-c2cn3c(C(N)=O)cnc(NC4CC45CCCCC5)c3n2)cc1. The van der Waals surface area contributed by atoms with Crippen LogP contribution in [0.1, 0.15) is 54.6 Å². The van der Waals surface area contributed by atoms with Crippen molar-refractivity contribution in [3.05, 3.63) is 47.9 Å². The van der Waals surface area contributed by atoms with E-state index in [2.05, 4.69) is 29.4 Å². The van der Waals surface area contributed by atoms with Crippen molar-refractivity contribution in [3.8, 4) is 11.3 Å². The van der Waals surface area contributed by atoms with Crippen molar-refractivity contribution in [1.29, 1.82) is 0 Å². The summed E-state index contributed by atoms with van der Waals surface area (Å²) in [5, 5.41) is 3.61. The van der Waals surface area contributed by atoms with Crippen LogP contribution in [-0.4, -0.2) is 26.3 Å². The van der Waals surface area contributed by atoms with E-state index in [0.717, 1.165) is 17.1 Å². The highest BCUT2D eigenvalue weighted by atomic mass is 16.1. The minimum Gasteiger partial charge on any atom is -0.364 e. The first-order valence-electron chi connectivity index (χ1n) is 10.1. The molecule has 1 unspecified atom stereocenters. The van der Waals surface area contributed by atoms with Gasteiger partial charge in [0.15, 0.2) is 11.5 Å². The molecule has 3 aromatic rings. The molecular formula is C22H25N5O. The molecule has 6 nitrogen and oxygen atoms in total. The summed E-state index contributed by atoms with van der Waals surface area (Å²) in [5.41, 5.74) is 10.0. The van der Waals surface area contributed by atoms with Gasteiger partial charge in [-0.05, 0) is 31.6 Å². The molecule has 2 aromatic heterocycles. The fourth-order valence-electron chi connectivity index (χ4n) is 4.65. The van der Waals surface area contributed by atoms with Crippen molar-refractivity contribution in [1.82, 2.24) is 14.4 Å². The van der Waals surface area contributed by atoms with Crippen LogP contribution >= 0.6 is 0 Å². The van der Waals surface area contributed by atoms with Gasteiger partial charge in [-0.1, -0.05) is 49.1 Å². The largest absolute Gasteiger partial charge is 0.364 e. The number of fused-ring (bicyclic) bond motifs is 1. The highest BCUT2D eigenvalue weighted by Crippen LogP contribution is 2.57. The van der Waals surface area contributed by atoms with E-state index in [1.807, 2.05) is 18.3 Å². The van der Waals surface area contributed by atoms with Gasteiger partial charge >= 0.3 is 0 Å². The van der Waals surface area contributed by atoms with Crippen molar-refractivity contribution in [2.24, 2.45) is 11.1 Å². The van der Waals surface area contributed by atoms with Crippen LogP contribution in [0, 0.1) is 12.3 Å². The van der Waals surface area contributed by atoms with E-state index in [1.54, 1.807) is 10.6 Å². The monoisotopic (exact) mass is 375 g/mol. The predicted octanol–water partition coefficient (Wildman–Crippen LogP) is 3.94. The van der Waals surface area contributed by atoms with E-state index in [0.29, 0.717) is 22.8 Å². The molecule has 0 radical (unpaired) electrons. The lowest BCUT2D eigenvalue weighted by molar-refractivity contribution is 0.0994. The summed E-state index contributed by atoms with van der Waals surface area (Å²) >= 11 is 0. The number of nitrogens with two attached hydrogens (primary N) is 1. The lowest BCUT2D eigenvalue weighted by Crippen LogP contribution is -2.20. The number of nitrogens with one attached hydrogen (secondary N) is 1. The number of rotatable bonds is 4. The third-order valence-corrected chi connectivity index (χ3v) is 6.44. The van der Waals surface area contributed by atoms with Crippen LogP contribution in [0.25, 0.3) is 16.9 Å². The van der Waals surface area contributed by atoms with Crippen molar-refractivity contribution in [2.45, 2.75) is 51.5 Å². The third-order valence-electron chi connectivity index (χ3n) is 6.44. The molecule has 28 heavy (non-hydrogen) atoms. The maximum Gasteiger partial charge on any atom is 0.267 e. The maximum absolute atomic E-state index is 11.9. The fraction of sp³-hybridized carbons (Fsp3) is 0.409. The number of carbonyl (C=O) groups excluding carboxylic acids is 1. The van der Waals surface area contributed by atoms with Gasteiger partial charge in [-0.3, -0.25) is 9.20 Å². The highest BCUT2D eigenvalue weighted by molar-refractivity contribution is 5.92. The number of aromatic nitrogens is 3. The van der Waals surface area contributed by atoms with Crippen LogP contribution in [0.4, 0.5) is 5.82 Å². The fourth-order valence-corrected chi connectivity index (χ4v) is 4.65. The molecule has 3 N–H and O–H groups in total. The molecule has 0 saturated heterocycles. The quantitative estimate of drug-likeness (QED) is 0.723.